The molecule has 3 aromatic rings. The molecule has 1 unspecified atom stereocenters. The Hall–Kier alpha value is -3.72. The lowest BCUT2D eigenvalue weighted by Crippen LogP contribution is -2.45. The molecule has 0 saturated carbocycles. The van der Waals surface area contributed by atoms with Gasteiger partial charge in [0.25, 0.3) is 10.0 Å². The van der Waals surface area contributed by atoms with Crippen LogP contribution in [0.3, 0.4) is 0 Å². The van der Waals surface area contributed by atoms with Crippen molar-refractivity contribution in [1.82, 2.24) is 5.32 Å². The van der Waals surface area contributed by atoms with Crippen molar-refractivity contribution in [3.63, 3.8) is 0 Å². The van der Waals surface area contributed by atoms with Crippen LogP contribution in [0.5, 0.6) is 17.2 Å². The standard InChI is InChI=1S/C26H30N2O6S/c1-19-10-13-22(14-11-19)34-18-20(2)27-26(29)17-28(35(30,31)23-8-6-5-7-9-23)21-12-15-24(32-3)25(16-21)33-4/h5-16,20H,17-18H2,1-4H3,(H,27,29). The molecule has 0 aliphatic heterocycles. The predicted molar refractivity (Wildman–Crippen MR) is 135 cm³/mol. The van der Waals surface area contributed by atoms with Gasteiger partial charge in [-0.1, -0.05) is 35.9 Å². The van der Waals surface area contributed by atoms with Crippen molar-refractivity contribution in [3.8, 4) is 17.2 Å². The van der Waals surface area contributed by atoms with E-state index in [1.54, 1.807) is 37.3 Å². The first-order chi connectivity index (χ1) is 16.7. The van der Waals surface area contributed by atoms with Gasteiger partial charge in [0.15, 0.2) is 11.5 Å². The molecule has 186 valence electrons. The van der Waals surface area contributed by atoms with Crippen LogP contribution >= 0.6 is 0 Å². The minimum Gasteiger partial charge on any atom is -0.493 e. The quantitative estimate of drug-likeness (QED) is 0.432. The fourth-order valence-electron chi connectivity index (χ4n) is 3.36. The molecule has 1 N–H and O–H groups in total. The van der Waals surface area contributed by atoms with E-state index < -0.39 is 22.5 Å². The number of ether oxygens (including phenoxy) is 3. The number of rotatable bonds is 11. The van der Waals surface area contributed by atoms with Crippen LogP contribution in [0.15, 0.2) is 77.7 Å². The SMILES string of the molecule is COc1ccc(N(CC(=O)NC(C)COc2ccc(C)cc2)S(=O)(=O)c2ccccc2)cc1OC. The minimum atomic E-state index is -4.04. The first kappa shape index (κ1) is 25.9. The summed E-state index contributed by atoms with van der Waals surface area (Å²) in [6, 6.07) is 19.9. The molecule has 1 amide bonds. The summed E-state index contributed by atoms with van der Waals surface area (Å²) in [7, 11) is -1.10. The lowest BCUT2D eigenvalue weighted by molar-refractivity contribution is -0.120. The predicted octanol–water partition coefficient (Wildman–Crippen LogP) is 3.79. The van der Waals surface area contributed by atoms with Crippen LogP contribution in [-0.4, -0.2) is 47.7 Å². The van der Waals surface area contributed by atoms with Gasteiger partial charge in [0, 0.05) is 6.07 Å². The molecule has 3 rings (SSSR count). The van der Waals surface area contributed by atoms with E-state index in [1.165, 1.54) is 32.4 Å². The highest BCUT2D eigenvalue weighted by molar-refractivity contribution is 7.92. The zero-order valence-corrected chi connectivity index (χ0v) is 21.0. The molecule has 1 atom stereocenters. The van der Waals surface area contributed by atoms with Crippen LogP contribution in [0.4, 0.5) is 5.69 Å². The Morgan fingerprint density at radius 1 is 0.943 bits per heavy atom. The van der Waals surface area contributed by atoms with Crippen LogP contribution in [0.1, 0.15) is 12.5 Å². The Morgan fingerprint density at radius 2 is 1.60 bits per heavy atom. The van der Waals surface area contributed by atoms with Gasteiger partial charge in [-0.05, 0) is 50.2 Å². The van der Waals surface area contributed by atoms with Crippen molar-refractivity contribution in [3.05, 3.63) is 78.4 Å². The molecular formula is C26H30N2O6S. The molecule has 0 saturated heterocycles. The van der Waals surface area contributed by atoms with E-state index in [2.05, 4.69) is 5.32 Å². The summed E-state index contributed by atoms with van der Waals surface area (Å²) < 4.78 is 44.4. The highest BCUT2D eigenvalue weighted by Gasteiger charge is 2.28. The average molecular weight is 499 g/mol. The number of carbonyl (C=O) groups excluding carboxylic acids is 1. The van der Waals surface area contributed by atoms with Crippen LogP contribution in [0.2, 0.25) is 0 Å². The Balaban J connectivity index is 1.80. The van der Waals surface area contributed by atoms with Gasteiger partial charge in [-0.25, -0.2) is 8.42 Å². The number of aryl methyl sites for hydroxylation is 1. The number of benzene rings is 3. The van der Waals surface area contributed by atoms with Gasteiger partial charge in [0.1, 0.15) is 18.9 Å². The molecule has 9 heteroatoms. The van der Waals surface area contributed by atoms with Gasteiger partial charge in [0.05, 0.1) is 30.8 Å². The van der Waals surface area contributed by atoms with Gasteiger partial charge in [-0.2, -0.15) is 0 Å². The highest BCUT2D eigenvalue weighted by atomic mass is 32.2. The number of hydrogen-bond acceptors (Lipinski definition) is 6. The third-order valence-electron chi connectivity index (χ3n) is 5.20. The Bertz CT molecular complexity index is 1230. The van der Waals surface area contributed by atoms with Gasteiger partial charge >= 0.3 is 0 Å². The van der Waals surface area contributed by atoms with Crippen molar-refractivity contribution in [2.45, 2.75) is 24.8 Å². The molecule has 0 spiro atoms. The second-order valence-electron chi connectivity index (χ2n) is 7.96. The molecule has 0 aromatic heterocycles. The van der Waals surface area contributed by atoms with Gasteiger partial charge in [-0.3, -0.25) is 9.10 Å². The fraction of sp³-hybridized carbons (Fsp3) is 0.269. The Kier molecular flexibility index (Phi) is 8.59. The smallest absolute Gasteiger partial charge is 0.264 e. The lowest BCUT2D eigenvalue weighted by Gasteiger charge is -2.25. The summed E-state index contributed by atoms with van der Waals surface area (Å²) in [6.07, 6.45) is 0. The van der Waals surface area contributed by atoms with Gasteiger partial charge in [0.2, 0.25) is 5.91 Å². The molecule has 0 aliphatic rings. The second kappa shape index (κ2) is 11.6. The number of sulfonamides is 1. The average Bonchev–Trinajstić information content (AvgIpc) is 2.87. The number of nitrogens with zero attached hydrogens (tertiary/aromatic N) is 1. The van der Waals surface area contributed by atoms with Crippen molar-refractivity contribution in [2.75, 3.05) is 31.7 Å². The van der Waals surface area contributed by atoms with Crippen molar-refractivity contribution in [1.29, 1.82) is 0 Å². The number of carbonyl (C=O) groups is 1. The monoisotopic (exact) mass is 498 g/mol. The summed E-state index contributed by atoms with van der Waals surface area (Å²) in [6.45, 7) is 3.58. The maximum Gasteiger partial charge on any atom is 0.264 e. The third-order valence-corrected chi connectivity index (χ3v) is 6.99. The van der Waals surface area contributed by atoms with E-state index in [-0.39, 0.29) is 23.2 Å². The number of nitrogens with one attached hydrogen (secondary N) is 1. The molecular weight excluding hydrogens is 468 g/mol. The third kappa shape index (κ3) is 6.66. The van der Waals surface area contributed by atoms with Crippen molar-refractivity contribution < 1.29 is 27.4 Å². The number of hydrogen-bond donors (Lipinski definition) is 1. The summed E-state index contributed by atoms with van der Waals surface area (Å²) >= 11 is 0. The van der Waals surface area contributed by atoms with Crippen LogP contribution in [0, 0.1) is 6.92 Å². The molecule has 8 nitrogen and oxygen atoms in total. The zero-order chi connectivity index (χ0) is 25.4. The normalized spacial score (nSPS) is 11.9. The lowest BCUT2D eigenvalue weighted by atomic mass is 10.2. The molecule has 0 radical (unpaired) electrons. The number of anilines is 1. The van der Waals surface area contributed by atoms with E-state index in [0.29, 0.717) is 17.2 Å². The van der Waals surface area contributed by atoms with E-state index in [1.807, 2.05) is 31.2 Å². The van der Waals surface area contributed by atoms with Crippen molar-refractivity contribution in [2.24, 2.45) is 0 Å². The summed E-state index contributed by atoms with van der Waals surface area (Å²) in [5.74, 6) is 1.01. The number of methoxy groups -OCH3 is 2. The Morgan fingerprint density at radius 3 is 2.23 bits per heavy atom. The summed E-state index contributed by atoms with van der Waals surface area (Å²) in [4.78, 5) is 13.0. The van der Waals surface area contributed by atoms with E-state index in [0.717, 1.165) is 9.87 Å². The summed E-state index contributed by atoms with van der Waals surface area (Å²) in [5.41, 5.74) is 1.39. The first-order valence-electron chi connectivity index (χ1n) is 11.0. The molecule has 0 bridgehead atoms. The highest BCUT2D eigenvalue weighted by Crippen LogP contribution is 2.33. The Labute approximate surface area is 206 Å². The maximum atomic E-state index is 13.5. The van der Waals surface area contributed by atoms with Crippen LogP contribution in [0.25, 0.3) is 0 Å². The summed E-state index contributed by atoms with van der Waals surface area (Å²) in [5, 5.41) is 2.81. The molecule has 0 aliphatic carbocycles. The minimum absolute atomic E-state index is 0.0679. The van der Waals surface area contributed by atoms with Gasteiger partial charge < -0.3 is 19.5 Å². The van der Waals surface area contributed by atoms with Crippen molar-refractivity contribution >= 4 is 21.6 Å². The molecule has 3 aromatic carbocycles. The van der Waals surface area contributed by atoms with E-state index >= 15 is 0 Å². The second-order valence-corrected chi connectivity index (χ2v) is 9.82. The zero-order valence-electron chi connectivity index (χ0n) is 20.2. The van der Waals surface area contributed by atoms with Crippen LogP contribution < -0.4 is 23.8 Å². The first-order valence-corrected chi connectivity index (χ1v) is 12.5. The number of amides is 1. The van der Waals surface area contributed by atoms with E-state index in [9.17, 15) is 13.2 Å². The fourth-order valence-corrected chi connectivity index (χ4v) is 4.80. The molecule has 0 heterocycles. The van der Waals surface area contributed by atoms with E-state index in [4.69, 9.17) is 14.2 Å². The molecule has 0 fully saturated rings. The maximum absolute atomic E-state index is 13.5. The topological polar surface area (TPSA) is 94.2 Å². The van der Waals surface area contributed by atoms with Gasteiger partial charge in [-0.15, -0.1) is 0 Å². The molecule has 35 heavy (non-hydrogen) atoms. The van der Waals surface area contributed by atoms with Crippen LogP contribution in [-0.2, 0) is 14.8 Å². The largest absolute Gasteiger partial charge is 0.493 e.